The maximum absolute atomic E-state index is 11.3. The van der Waals surface area contributed by atoms with Crippen LogP contribution >= 0.6 is 0 Å². The van der Waals surface area contributed by atoms with Gasteiger partial charge in [0, 0.05) is 13.5 Å². The van der Waals surface area contributed by atoms with Crippen molar-refractivity contribution in [3.05, 3.63) is 12.2 Å². The first-order valence-corrected chi connectivity index (χ1v) is 4.98. The lowest BCUT2D eigenvalue weighted by Gasteiger charge is -2.02. The number of nitrogens with zero attached hydrogens (tertiary/aromatic N) is 3. The Bertz CT molecular complexity index is 309. The van der Waals surface area contributed by atoms with E-state index >= 15 is 0 Å². The highest BCUT2D eigenvalue weighted by Crippen LogP contribution is 1.90. The maximum Gasteiger partial charge on any atom is 0.220 e. The monoisotopic (exact) mass is 211 g/mol. The van der Waals surface area contributed by atoms with Crippen LogP contribution in [0, 0.1) is 0 Å². The van der Waals surface area contributed by atoms with Gasteiger partial charge in [-0.3, -0.25) is 9.48 Å². The summed E-state index contributed by atoms with van der Waals surface area (Å²) in [5, 5.41) is 9.82. The quantitative estimate of drug-likeness (QED) is 0.618. The number of aromatic nitrogens is 3. The average Bonchev–Trinajstić information content (AvgIpc) is 2.62. The summed E-state index contributed by atoms with van der Waals surface area (Å²) in [6.45, 7) is 1.26. The van der Waals surface area contributed by atoms with E-state index in [-0.39, 0.29) is 5.91 Å². The van der Waals surface area contributed by atoms with Crippen LogP contribution in [-0.4, -0.2) is 34.3 Å². The van der Waals surface area contributed by atoms with Gasteiger partial charge in [-0.1, -0.05) is 0 Å². The van der Waals surface area contributed by atoms with E-state index < -0.39 is 0 Å². The highest BCUT2D eigenvalue weighted by molar-refractivity contribution is 5.75. The normalized spacial score (nSPS) is 10.3. The van der Waals surface area contributed by atoms with Crippen LogP contribution in [-0.2, 0) is 18.4 Å². The number of amides is 1. The number of carbonyl (C=O) groups excluding carboxylic acids is 1. The van der Waals surface area contributed by atoms with E-state index in [2.05, 4.69) is 20.7 Å². The molecule has 0 bridgehead atoms. The summed E-state index contributed by atoms with van der Waals surface area (Å²) < 4.78 is 1.61. The second-order valence-corrected chi connectivity index (χ2v) is 3.32. The third-order valence-electron chi connectivity index (χ3n) is 1.92. The molecule has 1 aromatic rings. The molecule has 2 N–H and O–H groups in total. The number of hydrogen-bond acceptors (Lipinski definition) is 4. The van der Waals surface area contributed by atoms with Gasteiger partial charge in [-0.15, -0.1) is 0 Å². The van der Waals surface area contributed by atoms with Crippen LogP contribution < -0.4 is 10.6 Å². The lowest BCUT2D eigenvalue weighted by Crippen LogP contribution is -2.24. The molecule has 0 saturated heterocycles. The first-order valence-electron chi connectivity index (χ1n) is 4.98. The average molecular weight is 211 g/mol. The fraction of sp³-hybridized carbons (Fsp3) is 0.667. The predicted octanol–water partition coefficient (Wildman–Crippen LogP) is -0.569. The lowest BCUT2D eigenvalue weighted by atomic mass is 10.3. The van der Waals surface area contributed by atoms with Crippen molar-refractivity contribution in [3.63, 3.8) is 0 Å². The van der Waals surface area contributed by atoms with E-state index in [4.69, 9.17) is 0 Å². The SMILES string of the molecule is CNCCCC(=O)NCc1ncn(C)n1. The fourth-order valence-corrected chi connectivity index (χ4v) is 1.16. The van der Waals surface area contributed by atoms with Crippen molar-refractivity contribution in [3.8, 4) is 0 Å². The van der Waals surface area contributed by atoms with Gasteiger partial charge in [0.15, 0.2) is 5.82 Å². The zero-order chi connectivity index (χ0) is 11.1. The molecule has 0 fully saturated rings. The Morgan fingerprint density at radius 2 is 2.40 bits per heavy atom. The molecule has 1 aromatic heterocycles. The summed E-state index contributed by atoms with van der Waals surface area (Å²) in [7, 11) is 3.67. The van der Waals surface area contributed by atoms with Crippen molar-refractivity contribution in [1.29, 1.82) is 0 Å². The van der Waals surface area contributed by atoms with Crippen LogP contribution in [0.15, 0.2) is 6.33 Å². The maximum atomic E-state index is 11.3. The van der Waals surface area contributed by atoms with E-state index in [1.165, 1.54) is 0 Å². The van der Waals surface area contributed by atoms with Gasteiger partial charge in [0.05, 0.1) is 6.54 Å². The Labute approximate surface area is 89.1 Å². The Hall–Kier alpha value is -1.43. The van der Waals surface area contributed by atoms with Gasteiger partial charge in [-0.25, -0.2) is 4.98 Å². The van der Waals surface area contributed by atoms with Gasteiger partial charge in [-0.2, -0.15) is 5.10 Å². The molecule has 0 saturated carbocycles. The smallest absolute Gasteiger partial charge is 0.220 e. The summed E-state index contributed by atoms with van der Waals surface area (Å²) in [6, 6.07) is 0. The van der Waals surface area contributed by atoms with Crippen LogP contribution in [0.4, 0.5) is 0 Å². The highest BCUT2D eigenvalue weighted by Gasteiger charge is 2.02. The predicted molar refractivity (Wildman–Crippen MR) is 56.0 cm³/mol. The zero-order valence-electron chi connectivity index (χ0n) is 9.16. The van der Waals surface area contributed by atoms with Gasteiger partial charge in [0.1, 0.15) is 6.33 Å². The summed E-state index contributed by atoms with van der Waals surface area (Å²) in [5.74, 6) is 0.678. The summed E-state index contributed by atoms with van der Waals surface area (Å²) in [5.41, 5.74) is 0. The minimum Gasteiger partial charge on any atom is -0.349 e. The fourth-order valence-electron chi connectivity index (χ4n) is 1.16. The third kappa shape index (κ3) is 4.55. The lowest BCUT2D eigenvalue weighted by molar-refractivity contribution is -0.121. The molecule has 0 aliphatic rings. The number of hydrogen-bond donors (Lipinski definition) is 2. The van der Waals surface area contributed by atoms with Crippen LogP contribution in [0.2, 0.25) is 0 Å². The molecule has 0 aliphatic heterocycles. The molecule has 0 aromatic carbocycles. The molecule has 0 unspecified atom stereocenters. The second-order valence-electron chi connectivity index (χ2n) is 3.32. The Morgan fingerprint density at radius 1 is 1.60 bits per heavy atom. The molecule has 1 rings (SSSR count). The second kappa shape index (κ2) is 6.13. The molecule has 0 aliphatic carbocycles. The van der Waals surface area contributed by atoms with Crippen molar-refractivity contribution < 1.29 is 4.79 Å². The van der Waals surface area contributed by atoms with Crippen molar-refractivity contribution in [2.45, 2.75) is 19.4 Å². The van der Waals surface area contributed by atoms with Crippen LogP contribution in [0.1, 0.15) is 18.7 Å². The Morgan fingerprint density at radius 3 is 3.00 bits per heavy atom. The number of nitrogens with one attached hydrogen (secondary N) is 2. The third-order valence-corrected chi connectivity index (χ3v) is 1.92. The Balaban J connectivity index is 2.16. The molecule has 84 valence electrons. The van der Waals surface area contributed by atoms with Gasteiger partial charge >= 0.3 is 0 Å². The van der Waals surface area contributed by atoms with Crippen molar-refractivity contribution in [1.82, 2.24) is 25.4 Å². The molecular weight excluding hydrogens is 194 g/mol. The van der Waals surface area contributed by atoms with E-state index in [0.29, 0.717) is 18.8 Å². The first-order chi connectivity index (χ1) is 7.22. The van der Waals surface area contributed by atoms with Crippen molar-refractivity contribution >= 4 is 5.91 Å². The summed E-state index contributed by atoms with van der Waals surface area (Å²) >= 11 is 0. The first kappa shape index (κ1) is 11.6. The van der Waals surface area contributed by atoms with E-state index in [9.17, 15) is 4.79 Å². The molecule has 0 spiro atoms. The molecule has 6 nitrogen and oxygen atoms in total. The van der Waals surface area contributed by atoms with Gasteiger partial charge in [0.25, 0.3) is 0 Å². The van der Waals surface area contributed by atoms with Crippen LogP contribution in [0.5, 0.6) is 0 Å². The Kier molecular flexibility index (Phi) is 4.76. The number of aryl methyl sites for hydroxylation is 1. The van der Waals surface area contributed by atoms with Gasteiger partial charge < -0.3 is 10.6 Å². The topological polar surface area (TPSA) is 71.8 Å². The van der Waals surface area contributed by atoms with Crippen molar-refractivity contribution in [2.75, 3.05) is 13.6 Å². The van der Waals surface area contributed by atoms with Gasteiger partial charge in [-0.05, 0) is 20.0 Å². The molecular formula is C9H17N5O. The van der Waals surface area contributed by atoms with E-state index in [1.54, 1.807) is 18.1 Å². The molecule has 1 heterocycles. The molecule has 15 heavy (non-hydrogen) atoms. The molecule has 6 heteroatoms. The minimum atomic E-state index is 0.0395. The van der Waals surface area contributed by atoms with Crippen LogP contribution in [0.25, 0.3) is 0 Å². The zero-order valence-corrected chi connectivity index (χ0v) is 9.16. The molecule has 0 atom stereocenters. The van der Waals surface area contributed by atoms with Crippen LogP contribution in [0.3, 0.4) is 0 Å². The van der Waals surface area contributed by atoms with Gasteiger partial charge in [0.2, 0.25) is 5.91 Å². The standard InChI is InChI=1S/C9H17N5O/c1-10-5-3-4-9(15)11-6-8-12-7-14(2)13-8/h7,10H,3-6H2,1-2H3,(H,11,15). The summed E-state index contributed by atoms with van der Waals surface area (Å²) in [6.07, 6.45) is 2.99. The van der Waals surface area contributed by atoms with E-state index in [0.717, 1.165) is 13.0 Å². The molecule has 1 amide bonds. The highest BCUT2D eigenvalue weighted by atomic mass is 16.1. The summed E-state index contributed by atoms with van der Waals surface area (Å²) in [4.78, 5) is 15.3. The molecule has 0 radical (unpaired) electrons. The van der Waals surface area contributed by atoms with Crippen molar-refractivity contribution in [2.24, 2.45) is 7.05 Å². The minimum absolute atomic E-state index is 0.0395. The largest absolute Gasteiger partial charge is 0.349 e. The number of rotatable bonds is 6. The van der Waals surface area contributed by atoms with E-state index in [1.807, 2.05) is 7.05 Å². The number of carbonyl (C=O) groups is 1.